The van der Waals surface area contributed by atoms with E-state index in [9.17, 15) is 35.9 Å². The van der Waals surface area contributed by atoms with E-state index in [-0.39, 0.29) is 55.6 Å². The number of fused-ring (bicyclic) bond motifs is 12. The van der Waals surface area contributed by atoms with Crippen molar-refractivity contribution in [1.82, 2.24) is 0 Å². The molecule has 60 heavy (non-hydrogen) atoms. The molecule has 16 heteroatoms. The molecule has 10 rings (SSSR count). The Hall–Kier alpha value is -6.32. The lowest BCUT2D eigenvalue weighted by atomic mass is 9.94. The van der Waals surface area contributed by atoms with E-state index in [1.807, 2.05) is 0 Å². The zero-order valence-corrected chi connectivity index (χ0v) is 29.3. The second kappa shape index (κ2) is 11.3. The number of carbonyl (C=O) groups excluding carboxylic acids is 2. The van der Waals surface area contributed by atoms with Gasteiger partial charge in [-0.3, -0.25) is 9.59 Å². The second-order valence-electron chi connectivity index (χ2n) is 14.9. The molecule has 0 atom stereocenters. The molecule has 0 heterocycles. The number of halogens is 14. The minimum atomic E-state index is -5.36. The number of carbonyl (C=O) groups is 2. The fourth-order valence-corrected chi connectivity index (χ4v) is 8.83. The zero-order chi connectivity index (χ0) is 43.0. The normalized spacial score (nSPS) is 17.5. The molecule has 6 aromatic carbocycles. The Morgan fingerprint density at radius 2 is 0.550 bits per heavy atom. The van der Waals surface area contributed by atoms with Gasteiger partial charge in [0.1, 0.15) is 0 Å². The van der Waals surface area contributed by atoms with Crippen LogP contribution in [0.1, 0.15) is 65.2 Å². The van der Waals surface area contributed by atoms with Gasteiger partial charge in [0.05, 0.1) is 0 Å². The smallest absolute Gasteiger partial charge is 0.284 e. The maximum Gasteiger partial charge on any atom is 0.454 e. The first-order valence-corrected chi connectivity index (χ1v) is 17.6. The van der Waals surface area contributed by atoms with Crippen LogP contribution in [-0.2, 0) is 23.7 Å². The summed E-state index contributed by atoms with van der Waals surface area (Å²) in [6.45, 7) is 0. The first-order chi connectivity index (χ1) is 27.8. The van der Waals surface area contributed by atoms with Crippen LogP contribution in [0.4, 0.5) is 61.5 Å². The average molecular weight is 843 g/mol. The summed E-state index contributed by atoms with van der Waals surface area (Å²) in [6, 6.07) is 13.9. The minimum Gasteiger partial charge on any atom is -0.284 e. The number of ketones is 2. The summed E-state index contributed by atoms with van der Waals surface area (Å²) in [7, 11) is 0. The monoisotopic (exact) mass is 842 g/mol. The van der Waals surface area contributed by atoms with E-state index in [1.165, 1.54) is 24.3 Å². The van der Waals surface area contributed by atoms with Crippen LogP contribution in [0.5, 0.6) is 0 Å². The maximum absolute atomic E-state index is 16.3. The lowest BCUT2D eigenvalue weighted by Gasteiger charge is -2.16. The Kier molecular flexibility index (Phi) is 7.13. The van der Waals surface area contributed by atoms with Crippen LogP contribution in [-0.4, -0.2) is 23.9 Å². The fourth-order valence-electron chi connectivity index (χ4n) is 8.83. The van der Waals surface area contributed by atoms with E-state index in [2.05, 4.69) is 0 Å². The van der Waals surface area contributed by atoms with Crippen LogP contribution in [0.2, 0.25) is 0 Å². The molecule has 0 N–H and O–H groups in total. The van der Waals surface area contributed by atoms with E-state index in [0.717, 1.165) is 48.5 Å². The molecule has 6 aromatic rings. The molecule has 302 valence electrons. The highest BCUT2D eigenvalue weighted by Crippen LogP contribution is 2.61. The highest BCUT2D eigenvalue weighted by Gasteiger charge is 2.53. The zero-order valence-electron chi connectivity index (χ0n) is 29.3. The highest BCUT2D eigenvalue weighted by atomic mass is 19.4. The van der Waals surface area contributed by atoms with Crippen LogP contribution >= 0.6 is 0 Å². The van der Waals surface area contributed by atoms with Gasteiger partial charge in [-0.05, 0) is 104 Å². The molecule has 0 fully saturated rings. The van der Waals surface area contributed by atoms with Gasteiger partial charge in [-0.15, -0.1) is 0 Å². The summed E-state index contributed by atoms with van der Waals surface area (Å²) in [6.07, 6.45) is -10.7. The van der Waals surface area contributed by atoms with Gasteiger partial charge in [0, 0.05) is 55.6 Å². The van der Waals surface area contributed by atoms with Gasteiger partial charge in [-0.25, -0.2) is 0 Å². The average Bonchev–Trinajstić information content (AvgIpc) is 3.74. The SMILES string of the molecule is O=C(c1ccc2c(c1)C(F)(F)c1cc3c(cc1-2)C(F)(F)c1cc(-c2ccc4c(c2)C(F)(F)c2cc5c(cc2-4)C(F)(F)c2cc(C(=O)C(F)(F)F)ccc2-5)ccc1-3)C(F)(F)F. The number of hydrogen-bond donors (Lipinski definition) is 0. The highest BCUT2D eigenvalue weighted by molar-refractivity contribution is 6.03. The van der Waals surface area contributed by atoms with E-state index in [4.69, 9.17) is 0 Å². The predicted molar refractivity (Wildman–Crippen MR) is 186 cm³/mol. The Bertz CT molecular complexity index is 2810. The molecule has 0 bridgehead atoms. The van der Waals surface area contributed by atoms with E-state index in [1.54, 1.807) is 0 Å². The fraction of sp³-hybridized carbons (Fsp3) is 0.136. The van der Waals surface area contributed by atoms with Crippen molar-refractivity contribution in [2.24, 2.45) is 0 Å². The van der Waals surface area contributed by atoms with Gasteiger partial charge in [-0.2, -0.15) is 61.5 Å². The van der Waals surface area contributed by atoms with Crippen LogP contribution in [0.3, 0.4) is 0 Å². The Morgan fingerprint density at radius 1 is 0.317 bits per heavy atom. The molecule has 0 radical (unpaired) electrons. The maximum atomic E-state index is 16.3. The first-order valence-electron chi connectivity index (χ1n) is 17.6. The van der Waals surface area contributed by atoms with Crippen molar-refractivity contribution < 1.29 is 71.1 Å². The van der Waals surface area contributed by atoms with Gasteiger partial charge in [-0.1, -0.05) is 48.5 Å². The summed E-state index contributed by atoms with van der Waals surface area (Å²) in [4.78, 5) is 23.6. The van der Waals surface area contributed by atoms with Crippen molar-refractivity contribution in [2.75, 3.05) is 0 Å². The summed E-state index contributed by atoms with van der Waals surface area (Å²) in [5.74, 6) is -20.4. The first kappa shape index (κ1) is 37.9. The third kappa shape index (κ3) is 4.84. The third-order valence-electron chi connectivity index (χ3n) is 11.6. The molecular weight excluding hydrogens is 826 g/mol. The number of benzene rings is 6. The minimum absolute atomic E-state index is 0.00646. The van der Waals surface area contributed by atoms with E-state index >= 15 is 35.1 Å². The van der Waals surface area contributed by atoms with E-state index < -0.39 is 103 Å². The molecule has 0 unspecified atom stereocenters. The molecule has 0 aromatic heterocycles. The Labute approximate surface area is 326 Å². The summed E-state index contributed by atoms with van der Waals surface area (Å²) in [5, 5.41) is 0. The van der Waals surface area contributed by atoms with Crippen molar-refractivity contribution >= 4 is 11.6 Å². The van der Waals surface area contributed by atoms with Crippen LogP contribution in [0.25, 0.3) is 55.6 Å². The number of alkyl halides is 14. The summed E-state index contributed by atoms with van der Waals surface area (Å²) >= 11 is 0. The number of hydrogen-bond acceptors (Lipinski definition) is 2. The molecule has 4 aliphatic rings. The van der Waals surface area contributed by atoms with Crippen molar-refractivity contribution in [3.05, 3.63) is 153 Å². The predicted octanol–water partition coefficient (Wildman–Crippen LogP) is 13.3. The van der Waals surface area contributed by atoms with Gasteiger partial charge >= 0.3 is 12.4 Å². The quantitative estimate of drug-likeness (QED) is 0.131. The standard InChI is InChI=1S/C44H16F14O2/c45-39(46)29-9-17(1-5-21(29)25-13-35-27(15-33(25)39)23-7-3-19(37(59)43(53,54)55)11-31(23)41(35,49)50)18-2-6-22-26-14-36-28(16-34(26)40(47,48)30(22)10-18)24-8-4-20(38(60)44(56,57)58)12-32(24)42(36,51)52/h1-16H. The van der Waals surface area contributed by atoms with Crippen molar-refractivity contribution in [3.8, 4) is 55.6 Å². The molecule has 0 saturated heterocycles. The molecule has 0 amide bonds. The summed E-state index contributed by atoms with van der Waals surface area (Å²) in [5.41, 5.74) is -10.9. The largest absolute Gasteiger partial charge is 0.454 e. The van der Waals surface area contributed by atoms with Crippen LogP contribution in [0, 0.1) is 0 Å². The number of Topliss-reactive ketones (excluding diaryl/α,β-unsaturated/α-hetero) is 2. The van der Waals surface area contributed by atoms with Crippen molar-refractivity contribution in [1.29, 1.82) is 0 Å². The molecule has 2 nitrogen and oxygen atoms in total. The Balaban J connectivity index is 1.01. The second-order valence-corrected chi connectivity index (χ2v) is 14.9. The van der Waals surface area contributed by atoms with Crippen molar-refractivity contribution in [2.45, 2.75) is 36.0 Å². The lowest BCUT2D eigenvalue weighted by molar-refractivity contribution is -0.0888. The molecular formula is C44H16F14O2. The number of rotatable bonds is 3. The molecule has 0 spiro atoms. The van der Waals surface area contributed by atoms with Gasteiger partial charge in [0.15, 0.2) is 0 Å². The third-order valence-corrected chi connectivity index (χ3v) is 11.6. The molecule has 0 saturated carbocycles. The van der Waals surface area contributed by atoms with Crippen LogP contribution < -0.4 is 0 Å². The van der Waals surface area contributed by atoms with Gasteiger partial charge < -0.3 is 0 Å². The Morgan fingerprint density at radius 3 is 0.817 bits per heavy atom. The molecule has 0 aliphatic heterocycles. The lowest BCUT2D eigenvalue weighted by Crippen LogP contribution is -2.23. The van der Waals surface area contributed by atoms with Crippen LogP contribution in [0.15, 0.2) is 97.1 Å². The van der Waals surface area contributed by atoms with Crippen molar-refractivity contribution in [3.63, 3.8) is 0 Å². The molecule has 4 aliphatic carbocycles. The topological polar surface area (TPSA) is 34.1 Å². The van der Waals surface area contributed by atoms with Gasteiger partial charge in [0.2, 0.25) is 0 Å². The van der Waals surface area contributed by atoms with E-state index in [0.29, 0.717) is 24.3 Å². The van der Waals surface area contributed by atoms with Gasteiger partial charge in [0.25, 0.3) is 35.3 Å². The summed E-state index contributed by atoms with van der Waals surface area (Å²) < 4.78 is 207.